The van der Waals surface area contributed by atoms with E-state index in [1.165, 1.54) is 66.5 Å². The van der Waals surface area contributed by atoms with Gasteiger partial charge in [0.1, 0.15) is 0 Å². The summed E-state index contributed by atoms with van der Waals surface area (Å²) in [6.45, 7) is 11.6. The molecule has 270 valence electrons. The van der Waals surface area contributed by atoms with Gasteiger partial charge in [0, 0.05) is 27.6 Å². The summed E-state index contributed by atoms with van der Waals surface area (Å²) in [5.74, 6) is 1.80. The molecule has 8 aromatic carbocycles. The Morgan fingerprint density at radius 2 is 1.14 bits per heavy atom. The Morgan fingerprint density at radius 3 is 2.00 bits per heavy atom. The van der Waals surface area contributed by atoms with Crippen LogP contribution >= 0.6 is 0 Å². The van der Waals surface area contributed by atoms with Gasteiger partial charge < -0.3 is 14.5 Å². The van der Waals surface area contributed by atoms with E-state index in [9.17, 15) is 0 Å². The second-order valence-electron chi connectivity index (χ2n) is 16.6. The average molecular weight is 723 g/mol. The first-order valence-electron chi connectivity index (χ1n) is 19.7. The van der Waals surface area contributed by atoms with Crippen molar-refractivity contribution in [1.29, 1.82) is 0 Å². The quantitative estimate of drug-likeness (QED) is 0.180. The number of aryl methyl sites for hydroxylation is 1. The Bertz CT molecular complexity index is 2910. The van der Waals surface area contributed by atoms with Crippen molar-refractivity contribution >= 4 is 44.9 Å². The maximum absolute atomic E-state index is 6.57. The van der Waals surface area contributed by atoms with Crippen molar-refractivity contribution in [2.24, 2.45) is 0 Å². The number of hydrogen-bond donors (Lipinski definition) is 0. The van der Waals surface area contributed by atoms with E-state index in [-0.39, 0.29) is 10.8 Å². The minimum atomic E-state index is -0.278. The van der Waals surface area contributed by atoms with Gasteiger partial charge in [0.15, 0.2) is 11.5 Å². The number of benzene rings is 8. The molecule has 3 heteroatoms. The van der Waals surface area contributed by atoms with Gasteiger partial charge in [0.25, 0.3) is 0 Å². The normalized spacial score (nSPS) is 14.9. The third kappa shape index (κ3) is 4.52. The van der Waals surface area contributed by atoms with Gasteiger partial charge in [-0.25, -0.2) is 0 Å². The summed E-state index contributed by atoms with van der Waals surface area (Å²) < 4.78 is 6.57. The Labute approximate surface area is 329 Å². The van der Waals surface area contributed by atoms with Crippen LogP contribution in [0.25, 0.3) is 33.0 Å². The monoisotopic (exact) mass is 722 g/mol. The lowest BCUT2D eigenvalue weighted by Crippen LogP contribution is -2.33. The van der Waals surface area contributed by atoms with Crippen LogP contribution in [0.1, 0.15) is 55.5 Å². The lowest BCUT2D eigenvalue weighted by molar-refractivity contribution is 0.471. The maximum Gasteiger partial charge on any atom is 0.151 e. The van der Waals surface area contributed by atoms with E-state index in [1.54, 1.807) is 0 Å². The highest BCUT2D eigenvalue weighted by Gasteiger charge is 2.43. The van der Waals surface area contributed by atoms with E-state index < -0.39 is 0 Å². The fraction of sp³-hybridized carbons (Fsp3) is 0.132. The lowest BCUT2D eigenvalue weighted by atomic mass is 9.70. The molecule has 11 rings (SSSR count). The summed E-state index contributed by atoms with van der Waals surface area (Å²) in [6, 6.07) is 60.2. The first-order valence-corrected chi connectivity index (χ1v) is 19.7. The molecule has 2 aliphatic heterocycles. The van der Waals surface area contributed by atoms with Gasteiger partial charge in [-0.15, -0.1) is 0 Å². The summed E-state index contributed by atoms with van der Waals surface area (Å²) in [7, 11) is 0. The smallest absolute Gasteiger partial charge is 0.151 e. The molecule has 0 atom stereocenters. The largest absolute Gasteiger partial charge is 0.453 e. The van der Waals surface area contributed by atoms with Crippen LogP contribution in [-0.2, 0) is 10.8 Å². The van der Waals surface area contributed by atoms with Crippen LogP contribution in [0.4, 0.5) is 34.1 Å². The van der Waals surface area contributed by atoms with Crippen molar-refractivity contribution in [2.45, 2.75) is 45.4 Å². The van der Waals surface area contributed by atoms with Crippen LogP contribution in [0.2, 0.25) is 0 Å². The van der Waals surface area contributed by atoms with Crippen molar-refractivity contribution in [2.75, 3.05) is 9.80 Å². The van der Waals surface area contributed by atoms with Crippen molar-refractivity contribution < 1.29 is 4.74 Å². The molecule has 0 N–H and O–H groups in total. The highest BCUT2D eigenvalue weighted by atomic mass is 16.5. The Kier molecular flexibility index (Phi) is 6.86. The lowest BCUT2D eigenvalue weighted by Gasteiger charge is -2.46. The zero-order valence-corrected chi connectivity index (χ0v) is 32.4. The molecule has 0 aromatic heterocycles. The second-order valence-corrected chi connectivity index (χ2v) is 16.6. The average Bonchev–Trinajstić information content (AvgIpc) is 3.45. The summed E-state index contributed by atoms with van der Waals surface area (Å²) in [5.41, 5.74) is 18.1. The van der Waals surface area contributed by atoms with Gasteiger partial charge in [-0.05, 0) is 111 Å². The summed E-state index contributed by atoms with van der Waals surface area (Å²) in [4.78, 5) is 4.90. The number of para-hydroxylation sites is 2. The number of anilines is 6. The van der Waals surface area contributed by atoms with E-state index in [1.807, 2.05) is 0 Å². The predicted octanol–water partition coefficient (Wildman–Crippen LogP) is 14.8. The highest BCUT2D eigenvalue weighted by molar-refractivity contribution is 6.00. The summed E-state index contributed by atoms with van der Waals surface area (Å²) in [6.07, 6.45) is 0. The molecule has 0 bridgehead atoms. The molecule has 8 aromatic rings. The van der Waals surface area contributed by atoms with Crippen molar-refractivity contribution in [3.05, 3.63) is 192 Å². The molecule has 0 saturated heterocycles. The number of rotatable bonds is 4. The molecule has 0 saturated carbocycles. The van der Waals surface area contributed by atoms with Crippen LogP contribution < -0.4 is 14.5 Å². The Morgan fingerprint density at radius 1 is 0.500 bits per heavy atom. The van der Waals surface area contributed by atoms with E-state index in [2.05, 4.69) is 208 Å². The minimum Gasteiger partial charge on any atom is -0.453 e. The fourth-order valence-electron chi connectivity index (χ4n) is 10.0. The van der Waals surface area contributed by atoms with Crippen molar-refractivity contribution in [1.82, 2.24) is 0 Å². The van der Waals surface area contributed by atoms with Crippen molar-refractivity contribution in [3.63, 3.8) is 0 Å². The number of fused-ring (bicyclic) bond motifs is 8. The number of ether oxygens (including phenoxy) is 1. The van der Waals surface area contributed by atoms with Crippen LogP contribution in [0, 0.1) is 6.92 Å². The third-order valence-corrected chi connectivity index (χ3v) is 12.7. The molecule has 1 aliphatic carbocycles. The van der Waals surface area contributed by atoms with Crippen LogP contribution in [0.3, 0.4) is 0 Å². The van der Waals surface area contributed by atoms with Crippen LogP contribution in [-0.4, -0.2) is 0 Å². The van der Waals surface area contributed by atoms with Gasteiger partial charge in [-0.3, -0.25) is 0 Å². The Hall–Kier alpha value is -6.58. The zero-order valence-electron chi connectivity index (χ0n) is 32.4. The van der Waals surface area contributed by atoms with Crippen LogP contribution in [0.15, 0.2) is 164 Å². The van der Waals surface area contributed by atoms with Gasteiger partial charge in [-0.1, -0.05) is 143 Å². The van der Waals surface area contributed by atoms with Gasteiger partial charge >= 0.3 is 0 Å². The summed E-state index contributed by atoms with van der Waals surface area (Å²) in [5, 5.41) is 2.45. The molecule has 0 spiro atoms. The molecule has 56 heavy (non-hydrogen) atoms. The van der Waals surface area contributed by atoms with E-state index in [4.69, 9.17) is 4.74 Å². The molecular weight excluding hydrogens is 681 g/mol. The molecule has 0 unspecified atom stereocenters. The van der Waals surface area contributed by atoms with E-state index in [0.717, 1.165) is 39.9 Å². The van der Waals surface area contributed by atoms with Crippen molar-refractivity contribution in [3.8, 4) is 33.8 Å². The Balaban J connectivity index is 1.08. The molecule has 0 amide bonds. The van der Waals surface area contributed by atoms with Gasteiger partial charge in [0.2, 0.25) is 0 Å². The van der Waals surface area contributed by atoms with Gasteiger partial charge in [0.05, 0.1) is 22.7 Å². The number of hydrogen-bond acceptors (Lipinski definition) is 3. The predicted molar refractivity (Wildman–Crippen MR) is 233 cm³/mol. The highest BCUT2D eigenvalue weighted by Crippen LogP contribution is 2.62. The molecule has 0 fully saturated rings. The minimum absolute atomic E-state index is 0.103. The standard InChI is InChI=1S/C53H42N2O/c1-33-14-10-24-47-50(33)55-46-23-12-19-39(49(46)53(4,5)43-21-13-25-48(56-47)51(43)55)35-26-28-36(29-27-35)54(45-22-11-16-34-15-6-7-17-38(34)45)37-30-31-41-40-18-8-9-20-42(40)52(2,3)44(41)32-37/h6-32H,1-5H3. The number of nitrogens with zero attached hydrogens (tertiary/aromatic N) is 2. The SMILES string of the molecule is Cc1cccc2c1N1c3cccc(-c4ccc(N(c5ccc6c(c5)C(C)(C)c5ccccc5-6)c5cccc6ccccc56)cc4)c3C(C)(C)c3cccc(c31)O2. The fourth-order valence-corrected chi connectivity index (χ4v) is 10.0. The summed E-state index contributed by atoms with van der Waals surface area (Å²) >= 11 is 0. The maximum atomic E-state index is 6.57. The topological polar surface area (TPSA) is 15.7 Å². The third-order valence-electron chi connectivity index (χ3n) is 12.7. The molecular formula is C53H42N2O. The first kappa shape index (κ1) is 32.8. The second kappa shape index (κ2) is 11.7. The zero-order chi connectivity index (χ0) is 37.9. The van der Waals surface area contributed by atoms with Gasteiger partial charge in [-0.2, -0.15) is 0 Å². The molecule has 3 nitrogen and oxygen atoms in total. The molecule has 0 radical (unpaired) electrons. The molecule has 2 heterocycles. The first-order chi connectivity index (χ1) is 27.2. The molecule has 3 aliphatic rings. The van der Waals surface area contributed by atoms with E-state index >= 15 is 0 Å². The van der Waals surface area contributed by atoms with E-state index in [0.29, 0.717) is 0 Å². The van der Waals surface area contributed by atoms with Crippen LogP contribution in [0.5, 0.6) is 11.5 Å².